The lowest BCUT2D eigenvalue weighted by Crippen LogP contribution is -2.56. The van der Waals surface area contributed by atoms with Gasteiger partial charge in [-0.05, 0) is 85.5 Å². The second kappa shape index (κ2) is 26.3. The molecule has 4 atom stereocenters. The molecule has 6 amide bonds. The van der Waals surface area contributed by atoms with E-state index in [-0.39, 0.29) is 68.7 Å². The summed E-state index contributed by atoms with van der Waals surface area (Å²) in [5, 5.41) is 33.8. The van der Waals surface area contributed by atoms with E-state index in [2.05, 4.69) is 38.1 Å². The van der Waals surface area contributed by atoms with Crippen LogP contribution in [0.4, 0.5) is 8.78 Å². The molecule has 19 heteroatoms. The van der Waals surface area contributed by atoms with Crippen molar-refractivity contribution in [1.29, 1.82) is 0 Å². The molecule has 2 aromatic heterocycles. The number of pyridine rings is 1. The molecule has 3 unspecified atom stereocenters. The molecule has 2 heterocycles. The molecule has 17 nitrogen and oxygen atoms in total. The number of rotatable bonds is 27. The SMILES string of the molecule is C=C(O)CC(C)CC(C)(C)NCC(=O)NCCNC(=O)C(CCN(C(=O)CO)C(c1cc(-c2cc(F)ccc2F)cn1Cc1ccccc1)C(C)(C)C)NC(=O)[C@H](CC(N)=O)NC(=O)Cc1ccncc1. The fourth-order valence-electron chi connectivity index (χ4n) is 8.56. The molecule has 4 aromatic rings. The Bertz CT molecular complexity index is 2460. The Kier molecular flexibility index (Phi) is 21.0. The molecule has 2 aromatic carbocycles. The van der Waals surface area contributed by atoms with Gasteiger partial charge < -0.3 is 52.0 Å². The number of benzene rings is 2. The summed E-state index contributed by atoms with van der Waals surface area (Å²) in [6.07, 6.45) is 4.63. The number of aromatic nitrogens is 2. The van der Waals surface area contributed by atoms with Crippen LogP contribution in [0.2, 0.25) is 0 Å². The third-order valence-corrected chi connectivity index (χ3v) is 11.6. The quantitative estimate of drug-likeness (QED) is 0.0310. The number of nitrogens with two attached hydrogens (primary N) is 1. The number of aliphatic hydroxyl groups is 2. The predicted molar refractivity (Wildman–Crippen MR) is 265 cm³/mol. The van der Waals surface area contributed by atoms with Crippen LogP contribution >= 0.6 is 0 Å². The maximum absolute atomic E-state index is 15.4. The molecule has 9 N–H and O–H groups in total. The van der Waals surface area contributed by atoms with Crippen molar-refractivity contribution in [2.75, 3.05) is 32.8 Å². The Balaban J connectivity index is 1.65. The van der Waals surface area contributed by atoms with Crippen molar-refractivity contribution in [3.63, 3.8) is 0 Å². The minimum atomic E-state index is -1.51. The van der Waals surface area contributed by atoms with Gasteiger partial charge in [-0.15, -0.1) is 0 Å². The fraction of sp³-hybridized carbons (Fsp3) is 0.442. The van der Waals surface area contributed by atoms with Crippen LogP contribution in [0.15, 0.2) is 97.7 Å². The highest BCUT2D eigenvalue weighted by Crippen LogP contribution is 2.41. The molecule has 71 heavy (non-hydrogen) atoms. The molecule has 0 fully saturated rings. The van der Waals surface area contributed by atoms with Crippen molar-refractivity contribution in [1.82, 2.24) is 41.0 Å². The van der Waals surface area contributed by atoms with E-state index in [1.165, 1.54) is 17.3 Å². The van der Waals surface area contributed by atoms with E-state index in [0.29, 0.717) is 29.7 Å². The fourth-order valence-corrected chi connectivity index (χ4v) is 8.56. The number of primary amides is 1. The van der Waals surface area contributed by atoms with Crippen LogP contribution in [0.5, 0.6) is 0 Å². The molecule has 0 radical (unpaired) electrons. The second-order valence-electron chi connectivity index (χ2n) is 19.5. The average molecular weight is 986 g/mol. The third kappa shape index (κ3) is 18.4. The lowest BCUT2D eigenvalue weighted by Gasteiger charge is -2.41. The largest absolute Gasteiger partial charge is 0.513 e. The molecule has 0 saturated heterocycles. The first-order valence-corrected chi connectivity index (χ1v) is 23.5. The molecule has 384 valence electrons. The number of carbonyl (C=O) groups is 6. The molecule has 4 rings (SSSR count). The summed E-state index contributed by atoms with van der Waals surface area (Å²) >= 11 is 0. The van der Waals surface area contributed by atoms with Gasteiger partial charge in [0.15, 0.2) is 0 Å². The molecule has 0 bridgehead atoms. The van der Waals surface area contributed by atoms with E-state index in [0.717, 1.165) is 23.8 Å². The van der Waals surface area contributed by atoms with Gasteiger partial charge >= 0.3 is 0 Å². The van der Waals surface area contributed by atoms with Crippen molar-refractivity contribution in [2.45, 2.75) is 104 Å². The molecule has 0 saturated carbocycles. The Hall–Kier alpha value is -6.99. The van der Waals surface area contributed by atoms with Crippen molar-refractivity contribution in [3.05, 3.63) is 126 Å². The van der Waals surface area contributed by atoms with E-state index in [4.69, 9.17) is 5.73 Å². The smallest absolute Gasteiger partial charge is 0.248 e. The monoisotopic (exact) mass is 986 g/mol. The standard InChI is InChI=1S/C52H69F2N9O8/c1-33(23-34(2)65)28-52(6,7)59-29-46(68)57-20-21-58-49(70)41(61-50(71)42(27-44(55)66)60-45(67)24-35-15-18-56-19-16-35)17-22-63(47(69)32-64)48(51(3,4)5)43-25-37(39-26-38(53)13-14-40(39)54)31-62(43)30-36-11-9-8-10-12-36/h8-16,18-19,25-26,31,33,41-42,48,59,64-65H,2,17,20-24,27-30,32H2,1,3-7H3,(H2,55,66)(H,57,68)(H,58,70)(H,60,67)(H,61,71)/t33?,41?,42-,48?/m0/s1. The Labute approximate surface area is 414 Å². The average Bonchev–Trinajstić information content (AvgIpc) is 3.69. The van der Waals surface area contributed by atoms with Crippen LogP contribution in [0, 0.1) is 23.0 Å². The summed E-state index contributed by atoms with van der Waals surface area (Å²) in [5.74, 6) is -5.48. The molecular weight excluding hydrogens is 917 g/mol. The highest BCUT2D eigenvalue weighted by molar-refractivity contribution is 5.95. The van der Waals surface area contributed by atoms with E-state index in [1.54, 1.807) is 24.4 Å². The van der Waals surface area contributed by atoms with Crippen molar-refractivity contribution >= 4 is 35.4 Å². The lowest BCUT2D eigenvalue weighted by molar-refractivity contribution is -0.140. The summed E-state index contributed by atoms with van der Waals surface area (Å²) < 4.78 is 31.8. The minimum absolute atomic E-state index is 0.0165. The zero-order valence-electron chi connectivity index (χ0n) is 41.4. The number of carbonyl (C=O) groups excluding carboxylic acids is 6. The molecular formula is C52H69F2N9O8. The Morgan fingerprint density at radius 3 is 2.15 bits per heavy atom. The van der Waals surface area contributed by atoms with Gasteiger partial charge in [-0.25, -0.2) is 8.78 Å². The van der Waals surface area contributed by atoms with E-state index in [1.807, 2.05) is 76.4 Å². The van der Waals surface area contributed by atoms with E-state index < -0.39 is 83.3 Å². The van der Waals surface area contributed by atoms with Crippen LogP contribution in [-0.4, -0.2) is 111 Å². The van der Waals surface area contributed by atoms with Crippen LogP contribution in [0.1, 0.15) is 90.1 Å². The Morgan fingerprint density at radius 2 is 1.52 bits per heavy atom. The Morgan fingerprint density at radius 1 is 0.845 bits per heavy atom. The van der Waals surface area contributed by atoms with Gasteiger partial charge in [0, 0.05) is 73.6 Å². The van der Waals surface area contributed by atoms with Crippen LogP contribution < -0.4 is 32.3 Å². The van der Waals surface area contributed by atoms with Gasteiger partial charge in [0.2, 0.25) is 35.4 Å². The second-order valence-corrected chi connectivity index (χ2v) is 19.5. The number of aliphatic hydroxyl groups excluding tert-OH is 2. The first-order valence-electron chi connectivity index (χ1n) is 23.5. The summed E-state index contributed by atoms with van der Waals surface area (Å²) in [4.78, 5) is 85.7. The van der Waals surface area contributed by atoms with Gasteiger partial charge in [-0.3, -0.25) is 33.8 Å². The van der Waals surface area contributed by atoms with E-state index in [9.17, 15) is 43.4 Å². The summed E-state index contributed by atoms with van der Waals surface area (Å²) in [6.45, 7) is 13.8. The van der Waals surface area contributed by atoms with Gasteiger partial charge in [-0.1, -0.05) is 64.6 Å². The van der Waals surface area contributed by atoms with Gasteiger partial charge in [0.25, 0.3) is 0 Å². The minimum Gasteiger partial charge on any atom is -0.513 e. The number of amides is 6. The first kappa shape index (κ1) is 56.6. The van der Waals surface area contributed by atoms with Crippen LogP contribution in [-0.2, 0) is 41.7 Å². The van der Waals surface area contributed by atoms with Gasteiger partial charge in [0.05, 0.1) is 31.2 Å². The predicted octanol–water partition coefficient (Wildman–Crippen LogP) is 4.35. The number of allylic oxidation sites excluding steroid dienone is 1. The molecule has 0 aliphatic rings. The number of hydrogen-bond acceptors (Lipinski definition) is 10. The number of nitrogens with one attached hydrogen (secondary N) is 5. The van der Waals surface area contributed by atoms with Gasteiger partial charge in [0.1, 0.15) is 30.3 Å². The highest BCUT2D eigenvalue weighted by Gasteiger charge is 2.38. The van der Waals surface area contributed by atoms with Gasteiger partial charge in [-0.2, -0.15) is 0 Å². The zero-order valence-corrected chi connectivity index (χ0v) is 41.4. The number of nitrogens with zero attached hydrogens (tertiary/aromatic N) is 3. The van der Waals surface area contributed by atoms with Crippen molar-refractivity contribution in [3.8, 4) is 11.1 Å². The third-order valence-electron chi connectivity index (χ3n) is 11.6. The molecule has 0 aliphatic heterocycles. The number of hydrogen-bond donors (Lipinski definition) is 8. The number of halogens is 2. The lowest BCUT2D eigenvalue weighted by atomic mass is 9.82. The maximum atomic E-state index is 15.4. The molecule has 0 aliphatic carbocycles. The van der Waals surface area contributed by atoms with Crippen LogP contribution in [0.3, 0.4) is 0 Å². The zero-order chi connectivity index (χ0) is 52.5. The maximum Gasteiger partial charge on any atom is 0.248 e. The van der Waals surface area contributed by atoms with E-state index >= 15 is 4.39 Å². The summed E-state index contributed by atoms with van der Waals surface area (Å²) in [6, 6.07) is 13.5. The topological polar surface area (TPSA) is 250 Å². The first-order chi connectivity index (χ1) is 33.5. The van der Waals surface area contributed by atoms with Crippen molar-refractivity contribution < 1.29 is 47.8 Å². The highest BCUT2D eigenvalue weighted by atomic mass is 19.1. The molecule has 0 spiro atoms. The van der Waals surface area contributed by atoms with Crippen LogP contribution in [0.25, 0.3) is 11.1 Å². The van der Waals surface area contributed by atoms with Crippen molar-refractivity contribution in [2.24, 2.45) is 17.1 Å². The summed E-state index contributed by atoms with van der Waals surface area (Å²) in [5.41, 5.74) is 6.45. The summed E-state index contributed by atoms with van der Waals surface area (Å²) in [7, 11) is 0. The normalized spacial score (nSPS) is 13.3.